The quantitative estimate of drug-likeness (QED) is 0.607. The van der Waals surface area contributed by atoms with Crippen LogP contribution in [0.25, 0.3) is 0 Å². The number of rotatable bonds is 5. The molecule has 0 spiro atoms. The van der Waals surface area contributed by atoms with Crippen LogP contribution in [0, 0.1) is 0 Å². The van der Waals surface area contributed by atoms with Crippen LogP contribution in [0.4, 0.5) is 0 Å². The molecule has 0 radical (unpaired) electrons. The smallest absolute Gasteiger partial charge is 0.241 e. The van der Waals surface area contributed by atoms with Crippen molar-refractivity contribution in [1.29, 1.82) is 0 Å². The van der Waals surface area contributed by atoms with Crippen molar-refractivity contribution >= 4 is 16.0 Å². The van der Waals surface area contributed by atoms with Crippen molar-refractivity contribution < 1.29 is 13.2 Å². The Labute approximate surface area is 143 Å². The van der Waals surface area contributed by atoms with Gasteiger partial charge < -0.3 is 15.4 Å². The lowest BCUT2D eigenvalue weighted by atomic mass is 10.1. The Morgan fingerprint density at radius 2 is 1.92 bits per heavy atom. The molecule has 24 heavy (non-hydrogen) atoms. The summed E-state index contributed by atoms with van der Waals surface area (Å²) in [5.41, 5.74) is 6.89. The topological polar surface area (TPSA) is 111 Å². The molecule has 134 valence electrons. The molecular weight excluding hydrogens is 328 g/mol. The maximum absolute atomic E-state index is 11.6. The van der Waals surface area contributed by atoms with Crippen LogP contribution in [-0.4, -0.2) is 46.0 Å². The zero-order valence-electron chi connectivity index (χ0n) is 14.1. The van der Waals surface area contributed by atoms with Gasteiger partial charge in [0.25, 0.3) is 0 Å². The molecule has 1 fully saturated rings. The highest BCUT2D eigenvalue weighted by Gasteiger charge is 2.15. The van der Waals surface area contributed by atoms with E-state index in [1.807, 2.05) is 6.07 Å². The number of methoxy groups -OCH3 is 1. The van der Waals surface area contributed by atoms with Crippen molar-refractivity contribution in [2.24, 2.45) is 15.9 Å². The van der Waals surface area contributed by atoms with E-state index < -0.39 is 10.0 Å². The summed E-state index contributed by atoms with van der Waals surface area (Å²) in [5.74, 6) is 0.811. The minimum absolute atomic E-state index is 0.00744. The van der Waals surface area contributed by atoms with Gasteiger partial charge in [0.15, 0.2) is 5.96 Å². The van der Waals surface area contributed by atoms with Crippen LogP contribution in [0.2, 0.25) is 0 Å². The van der Waals surface area contributed by atoms with E-state index >= 15 is 0 Å². The van der Waals surface area contributed by atoms with E-state index in [4.69, 9.17) is 15.6 Å². The fraction of sp³-hybridized carbons (Fsp3) is 0.562. The molecule has 0 aliphatic carbocycles. The number of primary sulfonamides is 1. The first kappa shape index (κ1) is 18.5. The van der Waals surface area contributed by atoms with Crippen LogP contribution >= 0.6 is 0 Å². The van der Waals surface area contributed by atoms with E-state index in [0.29, 0.717) is 18.9 Å². The molecule has 7 nitrogen and oxygen atoms in total. The van der Waals surface area contributed by atoms with Crippen LogP contribution < -0.4 is 15.6 Å². The van der Waals surface area contributed by atoms with Crippen molar-refractivity contribution in [2.75, 3.05) is 26.7 Å². The Hall–Kier alpha value is -1.80. The average Bonchev–Trinajstić information content (AvgIpc) is 2.83. The maximum atomic E-state index is 11.6. The van der Waals surface area contributed by atoms with Gasteiger partial charge >= 0.3 is 0 Å². The summed E-state index contributed by atoms with van der Waals surface area (Å²) in [5, 5.41) is 5.23. The van der Waals surface area contributed by atoms with E-state index in [-0.39, 0.29) is 10.6 Å². The third-order valence-corrected chi connectivity index (χ3v) is 5.07. The van der Waals surface area contributed by atoms with Crippen molar-refractivity contribution in [1.82, 2.24) is 4.90 Å². The normalized spacial score (nSPS) is 16.8. The highest BCUT2D eigenvalue weighted by molar-refractivity contribution is 7.89. The van der Waals surface area contributed by atoms with E-state index in [2.05, 4.69) is 9.89 Å². The highest BCUT2D eigenvalue weighted by Crippen LogP contribution is 2.23. The lowest BCUT2D eigenvalue weighted by Crippen LogP contribution is -2.38. The third-order valence-electron chi connectivity index (χ3n) is 4.14. The molecule has 0 amide bonds. The van der Waals surface area contributed by atoms with E-state index in [1.54, 1.807) is 6.07 Å². The first-order valence-electron chi connectivity index (χ1n) is 8.16. The van der Waals surface area contributed by atoms with E-state index in [9.17, 15) is 8.42 Å². The summed E-state index contributed by atoms with van der Waals surface area (Å²) in [6, 6.07) is 4.95. The van der Waals surface area contributed by atoms with Crippen LogP contribution in [0.5, 0.6) is 5.75 Å². The molecule has 0 bridgehead atoms. The number of likely N-dealkylation sites (tertiary alicyclic amines) is 1. The zero-order chi connectivity index (χ0) is 17.6. The predicted octanol–water partition coefficient (Wildman–Crippen LogP) is 1.08. The second-order valence-electron chi connectivity index (χ2n) is 5.92. The summed E-state index contributed by atoms with van der Waals surface area (Å²) in [4.78, 5) is 6.54. The molecule has 0 unspecified atom stereocenters. The van der Waals surface area contributed by atoms with Crippen molar-refractivity contribution in [3.63, 3.8) is 0 Å². The van der Waals surface area contributed by atoms with Crippen LogP contribution in [0.15, 0.2) is 28.1 Å². The molecule has 1 aliphatic rings. The number of aliphatic imine (C=N–C) groups is 1. The number of nitrogens with zero attached hydrogens (tertiary/aromatic N) is 2. The fourth-order valence-electron chi connectivity index (χ4n) is 2.80. The summed E-state index contributed by atoms with van der Waals surface area (Å²) < 4.78 is 28.3. The van der Waals surface area contributed by atoms with Gasteiger partial charge in [-0.2, -0.15) is 0 Å². The van der Waals surface area contributed by atoms with Crippen molar-refractivity contribution in [3.05, 3.63) is 23.8 Å². The number of ether oxygens (including phenoxy) is 1. The summed E-state index contributed by atoms with van der Waals surface area (Å²) in [6.07, 6.45) is 5.36. The van der Waals surface area contributed by atoms with Gasteiger partial charge in [-0.1, -0.05) is 18.9 Å². The average molecular weight is 354 g/mol. The van der Waals surface area contributed by atoms with Crippen molar-refractivity contribution in [2.45, 2.75) is 37.0 Å². The monoisotopic (exact) mass is 354 g/mol. The second kappa shape index (κ2) is 8.34. The number of sulfonamides is 1. The molecule has 0 atom stereocenters. The lowest BCUT2D eigenvalue weighted by Gasteiger charge is -2.21. The first-order chi connectivity index (χ1) is 11.4. The molecule has 0 saturated carbocycles. The largest absolute Gasteiger partial charge is 0.495 e. The lowest BCUT2D eigenvalue weighted by molar-refractivity contribution is 0.402. The van der Waals surface area contributed by atoms with Crippen LogP contribution in [0.1, 0.15) is 31.2 Å². The Balaban J connectivity index is 2.02. The van der Waals surface area contributed by atoms with Gasteiger partial charge in [-0.25, -0.2) is 13.6 Å². The van der Waals surface area contributed by atoms with E-state index in [1.165, 1.54) is 26.0 Å². The Morgan fingerprint density at radius 1 is 1.25 bits per heavy atom. The second-order valence-corrected chi connectivity index (χ2v) is 7.45. The number of benzene rings is 1. The summed E-state index contributed by atoms with van der Waals surface area (Å²) >= 11 is 0. The highest BCUT2D eigenvalue weighted by atomic mass is 32.2. The fourth-order valence-corrected chi connectivity index (χ4v) is 3.55. The minimum atomic E-state index is -3.82. The Kier molecular flexibility index (Phi) is 6.44. The molecule has 1 aromatic rings. The van der Waals surface area contributed by atoms with E-state index in [0.717, 1.165) is 31.5 Å². The SMILES string of the molecule is COc1ccc(CCN=C(N)N2CCCCCC2)cc1S(N)(=O)=O. The standard InChI is InChI=1S/C16H26N4O3S/c1-23-14-7-6-13(12-15(14)24(18,21)22)8-9-19-16(17)20-10-4-2-3-5-11-20/h6-7,12H,2-5,8-11H2,1H3,(H2,17,19)(H2,18,21,22). The Bertz CT molecular complexity index is 681. The number of guanidine groups is 1. The number of hydrogen-bond donors (Lipinski definition) is 2. The molecular formula is C16H26N4O3S. The molecule has 1 aliphatic heterocycles. The molecule has 1 aromatic carbocycles. The van der Waals surface area contributed by atoms with Gasteiger partial charge in [-0.15, -0.1) is 0 Å². The van der Waals surface area contributed by atoms with Gasteiger partial charge in [-0.3, -0.25) is 4.99 Å². The number of nitrogens with two attached hydrogens (primary N) is 2. The van der Waals surface area contributed by atoms with Crippen LogP contribution in [-0.2, 0) is 16.4 Å². The molecule has 0 aromatic heterocycles. The van der Waals surface area contributed by atoms with Crippen LogP contribution in [0.3, 0.4) is 0 Å². The minimum Gasteiger partial charge on any atom is -0.495 e. The molecule has 8 heteroatoms. The predicted molar refractivity (Wildman–Crippen MR) is 94.6 cm³/mol. The molecule has 2 rings (SSSR count). The molecule has 4 N–H and O–H groups in total. The zero-order valence-corrected chi connectivity index (χ0v) is 14.9. The van der Waals surface area contributed by atoms with Gasteiger partial charge in [0.2, 0.25) is 10.0 Å². The van der Waals surface area contributed by atoms with Gasteiger partial charge in [0.05, 0.1) is 7.11 Å². The first-order valence-corrected chi connectivity index (χ1v) is 9.71. The van der Waals surface area contributed by atoms with Gasteiger partial charge in [0, 0.05) is 19.6 Å². The third kappa shape index (κ3) is 5.10. The van der Waals surface area contributed by atoms with Gasteiger partial charge in [-0.05, 0) is 37.0 Å². The number of hydrogen-bond acceptors (Lipinski definition) is 4. The summed E-state index contributed by atoms with van der Waals surface area (Å²) in [6.45, 7) is 2.40. The van der Waals surface area contributed by atoms with Crippen molar-refractivity contribution in [3.8, 4) is 5.75 Å². The summed E-state index contributed by atoms with van der Waals surface area (Å²) in [7, 11) is -2.41. The van der Waals surface area contributed by atoms with Gasteiger partial charge in [0.1, 0.15) is 10.6 Å². The Morgan fingerprint density at radius 3 is 2.50 bits per heavy atom. The molecule has 1 saturated heterocycles. The molecule has 1 heterocycles. The maximum Gasteiger partial charge on any atom is 0.241 e.